The van der Waals surface area contributed by atoms with Gasteiger partial charge in [-0.1, -0.05) is 54.6 Å². The fourth-order valence-corrected chi connectivity index (χ4v) is 6.68. The van der Waals surface area contributed by atoms with E-state index in [0.29, 0.717) is 67.7 Å². The number of carboxylic acid groups (broad SMARTS) is 1. The van der Waals surface area contributed by atoms with E-state index in [-0.39, 0.29) is 18.2 Å². The minimum absolute atomic E-state index is 0.189. The van der Waals surface area contributed by atoms with Gasteiger partial charge in [-0.15, -0.1) is 10.2 Å². The molecule has 3 amide bonds. The number of imide groups is 1. The second-order valence-electron chi connectivity index (χ2n) is 16.3. The van der Waals surface area contributed by atoms with Gasteiger partial charge in [0.25, 0.3) is 5.91 Å². The summed E-state index contributed by atoms with van der Waals surface area (Å²) in [4.78, 5) is 61.9. The summed E-state index contributed by atoms with van der Waals surface area (Å²) in [5.74, 6) is -2.41. The molecule has 0 saturated heterocycles. The molecule has 0 bridgehead atoms. The maximum atomic E-state index is 14.3. The number of benzene rings is 3. The van der Waals surface area contributed by atoms with Gasteiger partial charge in [0.05, 0.1) is 17.3 Å². The molecule has 64 heavy (non-hydrogen) atoms. The van der Waals surface area contributed by atoms with Crippen LogP contribution in [0.25, 0.3) is 22.5 Å². The van der Waals surface area contributed by atoms with Crippen molar-refractivity contribution in [3.63, 3.8) is 0 Å². The van der Waals surface area contributed by atoms with E-state index in [2.05, 4.69) is 35.9 Å². The summed E-state index contributed by atoms with van der Waals surface area (Å²) in [6, 6.07) is 23.4. The van der Waals surface area contributed by atoms with Crippen molar-refractivity contribution in [1.82, 2.24) is 35.9 Å². The van der Waals surface area contributed by atoms with E-state index in [0.717, 1.165) is 22.3 Å². The molecule has 340 valence electrons. The van der Waals surface area contributed by atoms with Crippen molar-refractivity contribution < 1.29 is 46.9 Å². The highest BCUT2D eigenvalue weighted by molar-refractivity contribution is 6.17. The number of aromatic nitrogens is 6. The van der Waals surface area contributed by atoms with Crippen LogP contribution < -0.4 is 25.6 Å². The Morgan fingerprint density at radius 1 is 0.906 bits per heavy atom. The van der Waals surface area contributed by atoms with Gasteiger partial charge < -0.3 is 30.5 Å². The molecule has 17 nitrogen and oxygen atoms in total. The fourth-order valence-electron chi connectivity index (χ4n) is 6.68. The van der Waals surface area contributed by atoms with E-state index in [9.17, 15) is 27.6 Å². The van der Waals surface area contributed by atoms with Crippen LogP contribution in [0.5, 0.6) is 5.88 Å². The lowest BCUT2D eigenvalue weighted by molar-refractivity contribution is -0.192. The number of aliphatic carboxylic acids is 1. The standard InChI is InChI=1S/C42H50N10O5.C2HF3O2/c1-42(2,3)57-41(55)45-24-28-13-17-32(18-14-28)38(53)52(33-21-19-31(20-22-33)36-47-49-50-48-36)39(54)35(43)23-27-11-15-30(16-12-27)34-25-44-40(51(4)5)46-37(34)56-26-29-9-7-6-8-10-29;3-2(4,5)1(6)7/h6-12,15-16,19-22,25,28,32,35H,13-14,17-18,23-24,26,43H2,1-5H3,(H,45,55)(H,47,48,49,50);(H,6,7)/t28-,32-,35-;/m0./s1. The molecule has 2 heterocycles. The smallest absolute Gasteiger partial charge is 0.475 e. The summed E-state index contributed by atoms with van der Waals surface area (Å²) in [6.07, 6.45) is -1.05. The zero-order valence-corrected chi connectivity index (χ0v) is 36.0. The number of nitrogens with zero attached hydrogens (tertiary/aromatic N) is 7. The van der Waals surface area contributed by atoms with Crippen molar-refractivity contribution in [3.8, 4) is 28.4 Å². The second kappa shape index (κ2) is 21.4. The van der Waals surface area contributed by atoms with Gasteiger partial charge in [-0.05, 0) is 105 Å². The van der Waals surface area contributed by atoms with Crippen molar-refractivity contribution in [2.75, 3.05) is 30.4 Å². The second-order valence-corrected chi connectivity index (χ2v) is 16.3. The van der Waals surface area contributed by atoms with E-state index >= 15 is 0 Å². The SMILES string of the molecule is CN(C)c1ncc(-c2ccc(C[C@H](N)C(=O)N(c3ccc(-c4nn[nH]n4)cc3)C(=O)[C@H]3CC[C@H](CNC(=O)OC(C)(C)C)CC3)cc2)c(OCc2ccccc2)n1.O=C(O)C(F)(F)F. The first kappa shape index (κ1) is 48.1. The van der Waals surface area contributed by atoms with Crippen LogP contribution in [0, 0.1) is 11.8 Å². The number of amides is 3. The quantitative estimate of drug-likeness (QED) is 0.101. The number of carbonyl (C=O) groups excluding carboxylic acids is 3. The highest BCUT2D eigenvalue weighted by atomic mass is 19.4. The number of halogens is 3. The van der Waals surface area contributed by atoms with Crippen molar-refractivity contribution >= 4 is 35.5 Å². The van der Waals surface area contributed by atoms with E-state index in [1.54, 1.807) is 30.5 Å². The van der Waals surface area contributed by atoms with Crippen molar-refractivity contribution in [1.29, 1.82) is 0 Å². The highest BCUT2D eigenvalue weighted by Crippen LogP contribution is 2.33. The molecule has 0 spiro atoms. The first-order valence-electron chi connectivity index (χ1n) is 20.3. The summed E-state index contributed by atoms with van der Waals surface area (Å²) in [6.45, 7) is 6.25. The number of nitrogens with two attached hydrogens (primary N) is 1. The number of hydrogen-bond donors (Lipinski definition) is 4. The average molecular weight is 889 g/mol. The van der Waals surface area contributed by atoms with Crippen LogP contribution in [-0.2, 0) is 32.1 Å². The van der Waals surface area contributed by atoms with Gasteiger partial charge in [0.15, 0.2) is 0 Å². The Bertz CT molecular complexity index is 2320. The Labute approximate surface area is 367 Å². The molecule has 0 radical (unpaired) electrons. The maximum absolute atomic E-state index is 14.3. The predicted molar refractivity (Wildman–Crippen MR) is 230 cm³/mol. The molecule has 2 aromatic heterocycles. The monoisotopic (exact) mass is 888 g/mol. The molecule has 1 fully saturated rings. The lowest BCUT2D eigenvalue weighted by Gasteiger charge is -2.32. The van der Waals surface area contributed by atoms with Crippen molar-refractivity contribution in [2.24, 2.45) is 17.6 Å². The van der Waals surface area contributed by atoms with Gasteiger partial charge >= 0.3 is 18.2 Å². The number of ether oxygens (including phenoxy) is 2. The summed E-state index contributed by atoms with van der Waals surface area (Å²) in [5, 5.41) is 24.1. The minimum atomic E-state index is -5.08. The first-order chi connectivity index (χ1) is 30.3. The molecular formula is C44H51F3N10O7. The van der Waals surface area contributed by atoms with Crippen LogP contribution in [0.4, 0.5) is 29.6 Å². The number of nitrogens with one attached hydrogen (secondary N) is 2. The third-order valence-corrected chi connectivity index (χ3v) is 9.94. The molecule has 0 aliphatic heterocycles. The summed E-state index contributed by atoms with van der Waals surface area (Å²) in [7, 11) is 3.74. The lowest BCUT2D eigenvalue weighted by atomic mass is 9.81. The fraction of sp³-hybridized carbons (Fsp3) is 0.386. The van der Waals surface area contributed by atoms with E-state index in [4.69, 9.17) is 25.1 Å². The van der Waals surface area contributed by atoms with Crippen molar-refractivity contribution in [2.45, 2.75) is 77.3 Å². The molecule has 0 unspecified atom stereocenters. The zero-order valence-electron chi connectivity index (χ0n) is 36.0. The molecule has 1 aliphatic carbocycles. The minimum Gasteiger partial charge on any atom is -0.475 e. The first-order valence-corrected chi connectivity index (χ1v) is 20.3. The normalized spacial score (nSPS) is 15.5. The summed E-state index contributed by atoms with van der Waals surface area (Å²) < 4.78 is 43.3. The molecular weight excluding hydrogens is 838 g/mol. The van der Waals surface area contributed by atoms with Crippen LogP contribution >= 0.6 is 0 Å². The molecule has 1 saturated carbocycles. The lowest BCUT2D eigenvalue weighted by Crippen LogP contribution is -2.50. The number of aromatic amines is 1. The molecule has 1 atom stereocenters. The Kier molecular flexibility index (Phi) is 16.1. The van der Waals surface area contributed by atoms with Gasteiger partial charge in [0.1, 0.15) is 12.2 Å². The Morgan fingerprint density at radius 2 is 1.53 bits per heavy atom. The third-order valence-electron chi connectivity index (χ3n) is 9.94. The van der Waals surface area contributed by atoms with Gasteiger partial charge in [-0.2, -0.15) is 23.4 Å². The van der Waals surface area contributed by atoms with Crippen LogP contribution in [0.3, 0.4) is 0 Å². The molecule has 1 aliphatic rings. The summed E-state index contributed by atoms with van der Waals surface area (Å²) in [5.41, 5.74) is 10.5. The van der Waals surface area contributed by atoms with Crippen LogP contribution in [-0.4, -0.2) is 98.0 Å². The molecule has 5 aromatic rings. The molecule has 5 N–H and O–H groups in total. The van der Waals surface area contributed by atoms with Gasteiger partial charge in [0, 0.05) is 38.3 Å². The average Bonchev–Trinajstić information content (AvgIpc) is 3.81. The Balaban J connectivity index is 0.00000102. The largest absolute Gasteiger partial charge is 0.490 e. The van der Waals surface area contributed by atoms with Gasteiger partial charge in [0.2, 0.25) is 23.6 Å². The predicted octanol–water partition coefficient (Wildman–Crippen LogP) is 6.36. The number of hydrogen-bond acceptors (Lipinski definition) is 13. The van der Waals surface area contributed by atoms with Crippen LogP contribution in [0.15, 0.2) is 85.1 Å². The Morgan fingerprint density at radius 3 is 2.09 bits per heavy atom. The van der Waals surface area contributed by atoms with Crippen LogP contribution in [0.2, 0.25) is 0 Å². The molecule has 3 aromatic carbocycles. The van der Waals surface area contributed by atoms with E-state index in [1.165, 1.54) is 4.90 Å². The van der Waals surface area contributed by atoms with Gasteiger partial charge in [-0.25, -0.2) is 19.5 Å². The number of tetrazole rings is 1. The topological polar surface area (TPSA) is 232 Å². The molecule has 20 heteroatoms. The zero-order chi connectivity index (χ0) is 46.6. The Hall–Kier alpha value is -6.96. The number of carbonyl (C=O) groups is 4. The number of H-pyrrole nitrogens is 1. The number of rotatable bonds is 13. The number of anilines is 2. The summed E-state index contributed by atoms with van der Waals surface area (Å²) >= 11 is 0. The maximum Gasteiger partial charge on any atom is 0.490 e. The van der Waals surface area contributed by atoms with E-state index in [1.807, 2.05) is 94.4 Å². The van der Waals surface area contributed by atoms with Crippen LogP contribution in [0.1, 0.15) is 57.6 Å². The van der Waals surface area contributed by atoms with Gasteiger partial charge in [-0.3, -0.25) is 9.59 Å². The van der Waals surface area contributed by atoms with E-state index < -0.39 is 41.7 Å². The highest BCUT2D eigenvalue weighted by Gasteiger charge is 2.38. The third kappa shape index (κ3) is 13.8. The number of alkyl halides is 3. The molecule has 6 rings (SSSR count). The number of alkyl carbamates (subject to hydrolysis) is 1. The number of carboxylic acids is 1. The van der Waals surface area contributed by atoms with Crippen molar-refractivity contribution in [3.05, 3.63) is 96.2 Å².